The Labute approximate surface area is 250 Å². The van der Waals surface area contributed by atoms with E-state index in [-0.39, 0.29) is 29.9 Å². The Morgan fingerprint density at radius 2 is 1.95 bits per heavy atom. The third kappa shape index (κ3) is 6.46. The normalized spacial score (nSPS) is 26.6. The molecule has 3 heterocycles. The van der Waals surface area contributed by atoms with E-state index in [9.17, 15) is 26.4 Å². The van der Waals surface area contributed by atoms with Crippen molar-refractivity contribution in [3.63, 3.8) is 0 Å². The Balaban J connectivity index is 1.42. The van der Waals surface area contributed by atoms with Crippen LogP contribution in [0.4, 0.5) is 13.2 Å². The predicted octanol–water partition coefficient (Wildman–Crippen LogP) is 4.61. The molecule has 0 radical (unpaired) electrons. The molecule has 4 atom stereocenters. The van der Waals surface area contributed by atoms with Crippen molar-refractivity contribution in [2.24, 2.45) is 11.3 Å². The third-order valence-electron chi connectivity index (χ3n) is 9.18. The van der Waals surface area contributed by atoms with Gasteiger partial charge in [-0.25, -0.2) is 0 Å². The van der Waals surface area contributed by atoms with Crippen molar-refractivity contribution in [1.29, 1.82) is 0 Å². The van der Waals surface area contributed by atoms with Gasteiger partial charge in [0.15, 0.2) is 0 Å². The van der Waals surface area contributed by atoms with Crippen molar-refractivity contribution < 1.29 is 40.1 Å². The predicted molar refractivity (Wildman–Crippen MR) is 150 cm³/mol. The van der Waals surface area contributed by atoms with E-state index >= 15 is 0 Å². The van der Waals surface area contributed by atoms with E-state index < -0.39 is 45.5 Å². The third-order valence-corrected chi connectivity index (χ3v) is 10.4. The summed E-state index contributed by atoms with van der Waals surface area (Å²) in [6.07, 6.45) is -2.01. The Bertz CT molecular complexity index is 1410. The molecular formula is C30H38F3N3O6S. The summed E-state index contributed by atoms with van der Waals surface area (Å²) in [5, 5.41) is 1.52. The Hall–Kier alpha value is -2.58. The summed E-state index contributed by atoms with van der Waals surface area (Å²) in [6, 6.07) is 8.11. The van der Waals surface area contributed by atoms with E-state index in [1.807, 2.05) is 13.8 Å². The van der Waals surface area contributed by atoms with Gasteiger partial charge >= 0.3 is 16.3 Å². The standard InChI is InChI=1S/C30H38F3N3O6S/c1-20(2)29(28(37)35-13-10-25-21(18-35)15-22(17-34-25)30(31,32)33)12-9-23(16-29)36(26-11-14-41-19-27(26)40-3)42-43(38,39)24-7-5-4-6-8-24/h4-8,15,17,20,23,26-27H,9-14,16,18-19H2,1-3H3/t23-,26+,27-,29+/m1/s1. The molecule has 9 nitrogen and oxygen atoms in total. The average Bonchev–Trinajstić information content (AvgIpc) is 3.46. The number of carbonyl (C=O) groups excluding carboxylic acids is 1. The van der Waals surface area contributed by atoms with Gasteiger partial charge in [0.25, 0.3) is 0 Å². The van der Waals surface area contributed by atoms with Gasteiger partial charge in [0.2, 0.25) is 5.91 Å². The fourth-order valence-electron chi connectivity index (χ4n) is 6.65. The van der Waals surface area contributed by atoms with Gasteiger partial charge in [0.1, 0.15) is 0 Å². The second-order valence-electron chi connectivity index (χ2n) is 11.9. The van der Waals surface area contributed by atoms with E-state index in [4.69, 9.17) is 13.8 Å². The van der Waals surface area contributed by atoms with Crippen molar-refractivity contribution in [2.75, 3.05) is 26.9 Å². The largest absolute Gasteiger partial charge is 0.417 e. The molecule has 2 aliphatic heterocycles. The number of amides is 1. The van der Waals surface area contributed by atoms with Crippen molar-refractivity contribution in [2.45, 2.75) is 81.8 Å². The van der Waals surface area contributed by atoms with Crippen LogP contribution in [-0.4, -0.2) is 74.3 Å². The van der Waals surface area contributed by atoms with Gasteiger partial charge in [-0.2, -0.15) is 30.9 Å². The molecule has 13 heteroatoms. The first-order chi connectivity index (χ1) is 20.4. The summed E-state index contributed by atoms with van der Waals surface area (Å²) < 4.78 is 84.2. The lowest BCUT2D eigenvalue weighted by Gasteiger charge is -2.42. The molecular weight excluding hydrogens is 587 g/mol. The first-order valence-electron chi connectivity index (χ1n) is 14.6. The van der Waals surface area contributed by atoms with Gasteiger partial charge in [-0.3, -0.25) is 9.78 Å². The Morgan fingerprint density at radius 3 is 2.63 bits per heavy atom. The molecule has 1 saturated heterocycles. The number of methoxy groups -OCH3 is 1. The molecule has 1 aliphatic carbocycles. The molecule has 0 N–H and O–H groups in total. The van der Waals surface area contributed by atoms with Crippen LogP contribution in [0.1, 0.15) is 56.4 Å². The maximum absolute atomic E-state index is 14.3. The molecule has 1 aromatic carbocycles. The fraction of sp³-hybridized carbons (Fsp3) is 0.600. The summed E-state index contributed by atoms with van der Waals surface area (Å²) in [7, 11) is -2.65. The van der Waals surface area contributed by atoms with Crippen molar-refractivity contribution in [3.8, 4) is 0 Å². The molecule has 1 saturated carbocycles. The second kappa shape index (κ2) is 12.4. The monoisotopic (exact) mass is 625 g/mol. The molecule has 0 unspecified atom stereocenters. The Morgan fingerprint density at radius 1 is 1.21 bits per heavy atom. The molecule has 1 aromatic heterocycles. The molecule has 2 aromatic rings. The van der Waals surface area contributed by atoms with Crippen LogP contribution in [0.25, 0.3) is 0 Å². The van der Waals surface area contributed by atoms with E-state index in [0.717, 1.165) is 12.3 Å². The van der Waals surface area contributed by atoms with Crippen LogP contribution in [0.2, 0.25) is 0 Å². The number of hydrogen-bond acceptors (Lipinski definition) is 8. The fourth-order valence-corrected chi connectivity index (χ4v) is 7.68. The minimum Gasteiger partial charge on any atom is -0.379 e. The summed E-state index contributed by atoms with van der Waals surface area (Å²) >= 11 is 0. The van der Waals surface area contributed by atoms with Gasteiger partial charge in [-0.1, -0.05) is 32.0 Å². The van der Waals surface area contributed by atoms with Crippen LogP contribution in [0.15, 0.2) is 47.5 Å². The lowest BCUT2D eigenvalue weighted by Crippen LogP contribution is -2.54. The van der Waals surface area contributed by atoms with Gasteiger partial charge in [-0.15, -0.1) is 0 Å². The first kappa shape index (κ1) is 31.8. The van der Waals surface area contributed by atoms with Crippen LogP contribution in [0, 0.1) is 11.3 Å². The highest BCUT2D eigenvalue weighted by atomic mass is 32.2. The Kier molecular flexibility index (Phi) is 9.20. The number of carbonyl (C=O) groups is 1. The summed E-state index contributed by atoms with van der Waals surface area (Å²) in [4.78, 5) is 20.0. The summed E-state index contributed by atoms with van der Waals surface area (Å²) in [6.45, 7) is 4.97. The number of rotatable bonds is 8. The second-order valence-corrected chi connectivity index (χ2v) is 13.4. The lowest BCUT2D eigenvalue weighted by molar-refractivity contribution is -0.190. The van der Waals surface area contributed by atoms with Gasteiger partial charge < -0.3 is 14.4 Å². The molecule has 2 fully saturated rings. The van der Waals surface area contributed by atoms with Crippen molar-refractivity contribution >= 4 is 16.0 Å². The van der Waals surface area contributed by atoms with E-state index in [2.05, 4.69) is 4.98 Å². The van der Waals surface area contributed by atoms with Crippen LogP contribution in [0.3, 0.4) is 0 Å². The number of benzene rings is 1. The number of ether oxygens (including phenoxy) is 2. The minimum atomic E-state index is -4.53. The number of nitrogens with zero attached hydrogens (tertiary/aromatic N) is 3. The van der Waals surface area contributed by atoms with E-state index in [1.54, 1.807) is 30.2 Å². The molecule has 3 aliphatic rings. The van der Waals surface area contributed by atoms with E-state index in [1.165, 1.54) is 17.2 Å². The molecule has 43 heavy (non-hydrogen) atoms. The zero-order valence-corrected chi connectivity index (χ0v) is 25.4. The van der Waals surface area contributed by atoms with Crippen LogP contribution in [0.5, 0.6) is 0 Å². The van der Waals surface area contributed by atoms with Gasteiger partial charge in [0, 0.05) is 51.2 Å². The van der Waals surface area contributed by atoms with Gasteiger partial charge in [0.05, 0.1) is 34.6 Å². The van der Waals surface area contributed by atoms with Crippen molar-refractivity contribution in [1.82, 2.24) is 14.9 Å². The zero-order valence-electron chi connectivity index (χ0n) is 24.5. The number of aromatic nitrogens is 1. The maximum atomic E-state index is 14.3. The highest BCUT2D eigenvalue weighted by Crippen LogP contribution is 2.49. The number of pyridine rings is 1. The number of hydrogen-bond donors (Lipinski definition) is 0. The molecule has 0 bridgehead atoms. The lowest BCUT2D eigenvalue weighted by atomic mass is 9.74. The minimum absolute atomic E-state index is 0.0176. The summed E-state index contributed by atoms with van der Waals surface area (Å²) in [5.74, 6) is -0.263. The number of alkyl halides is 3. The quantitative estimate of drug-likeness (QED) is 0.393. The highest BCUT2D eigenvalue weighted by molar-refractivity contribution is 7.86. The van der Waals surface area contributed by atoms with Crippen LogP contribution >= 0.6 is 0 Å². The summed E-state index contributed by atoms with van der Waals surface area (Å²) in [5.41, 5.74) is -0.734. The molecule has 1 amide bonds. The smallest absolute Gasteiger partial charge is 0.379 e. The topological polar surface area (TPSA) is 98.3 Å². The molecule has 236 valence electrons. The first-order valence-corrected chi connectivity index (χ1v) is 16.0. The van der Waals surface area contributed by atoms with Crippen molar-refractivity contribution in [3.05, 3.63) is 59.4 Å². The van der Waals surface area contributed by atoms with Gasteiger partial charge in [-0.05, 0) is 55.4 Å². The molecule has 0 spiro atoms. The number of hydroxylamine groups is 2. The zero-order chi connectivity index (χ0) is 31.0. The highest BCUT2D eigenvalue weighted by Gasteiger charge is 2.53. The number of fused-ring (bicyclic) bond motifs is 1. The number of halogens is 3. The van der Waals surface area contributed by atoms with Crippen LogP contribution < -0.4 is 0 Å². The van der Waals surface area contributed by atoms with Crippen LogP contribution in [-0.2, 0) is 47.8 Å². The maximum Gasteiger partial charge on any atom is 0.417 e. The molecule has 5 rings (SSSR count). The average molecular weight is 626 g/mol. The van der Waals surface area contributed by atoms with E-state index in [0.29, 0.717) is 56.5 Å². The SMILES string of the molecule is CO[C@@H]1COCC[C@@H]1N(OS(=O)(=O)c1ccccc1)[C@@H]1CC[C@@](C(=O)N2CCc3ncc(C(F)(F)F)cc3C2)(C(C)C)C1.